The summed E-state index contributed by atoms with van der Waals surface area (Å²) < 4.78 is 35.1. The maximum absolute atomic E-state index is 13.4. The second kappa shape index (κ2) is 10.8. The number of aromatic nitrogens is 3. The van der Waals surface area contributed by atoms with Gasteiger partial charge in [0.2, 0.25) is 10.0 Å². The summed E-state index contributed by atoms with van der Waals surface area (Å²) in [5.74, 6) is 0.321. The molecule has 3 heterocycles. The molecule has 0 spiro atoms. The summed E-state index contributed by atoms with van der Waals surface area (Å²) >= 11 is 0. The number of ether oxygens (including phenoxy) is 1. The van der Waals surface area contributed by atoms with Gasteiger partial charge in [-0.3, -0.25) is 14.3 Å². The Morgan fingerprint density at radius 2 is 1.97 bits per heavy atom. The Balaban J connectivity index is 1.39. The highest BCUT2D eigenvalue weighted by molar-refractivity contribution is 7.89. The Morgan fingerprint density at radius 1 is 1.23 bits per heavy atom. The number of pyridine rings is 1. The average molecular weight is 553 g/mol. The molecular weight excluding hydrogens is 520 g/mol. The van der Waals surface area contributed by atoms with Gasteiger partial charge in [-0.15, -0.1) is 0 Å². The third-order valence-electron chi connectivity index (χ3n) is 7.17. The van der Waals surface area contributed by atoms with Crippen molar-refractivity contribution in [2.24, 2.45) is 11.8 Å². The first-order valence-corrected chi connectivity index (χ1v) is 14.7. The number of carbonyl (C=O) groups excluding carboxylic acids is 1. The van der Waals surface area contributed by atoms with Gasteiger partial charge >= 0.3 is 5.97 Å². The van der Waals surface area contributed by atoms with Gasteiger partial charge in [0.25, 0.3) is 5.56 Å². The smallest absolute Gasteiger partial charge is 0.324 e. The van der Waals surface area contributed by atoms with Crippen LogP contribution in [-0.4, -0.2) is 52.7 Å². The van der Waals surface area contributed by atoms with Crippen LogP contribution in [0.1, 0.15) is 52.0 Å². The lowest BCUT2D eigenvalue weighted by atomic mass is 10.1. The topological polar surface area (TPSA) is 150 Å². The minimum Gasteiger partial charge on any atom is -0.464 e. The number of hydrogen-bond donors (Lipinski definition) is 2. The monoisotopic (exact) mass is 552 g/mol. The third kappa shape index (κ3) is 5.42. The number of rotatable bonds is 10. The number of nitrogens with one attached hydrogen (secondary N) is 2. The highest BCUT2D eigenvalue weighted by atomic mass is 32.2. The summed E-state index contributed by atoms with van der Waals surface area (Å²) in [6.07, 6.45) is 4.90. The van der Waals surface area contributed by atoms with Gasteiger partial charge in [-0.05, 0) is 67.9 Å². The van der Waals surface area contributed by atoms with E-state index in [1.54, 1.807) is 29.1 Å². The molecule has 5 rings (SSSR count). The summed E-state index contributed by atoms with van der Waals surface area (Å²) in [4.78, 5) is 28.1. The molecule has 0 amide bonds. The largest absolute Gasteiger partial charge is 0.464 e. The van der Waals surface area contributed by atoms with Gasteiger partial charge in [-0.25, -0.2) is 8.42 Å². The SMILES string of the molecule is CC(C)COC(=O)C1CCCN1S(=O)(=O)c1ccc(Nc2nn(C(CC#N)C3CC3)c3cc[nH]c(=O)c23)cc1. The lowest BCUT2D eigenvalue weighted by Crippen LogP contribution is -2.41. The number of nitriles is 1. The van der Waals surface area contributed by atoms with E-state index in [1.165, 1.54) is 16.4 Å². The van der Waals surface area contributed by atoms with Crippen LogP contribution in [0.2, 0.25) is 0 Å². The van der Waals surface area contributed by atoms with Gasteiger partial charge in [-0.1, -0.05) is 13.8 Å². The number of esters is 1. The number of sulfonamides is 1. The zero-order chi connectivity index (χ0) is 27.7. The van der Waals surface area contributed by atoms with Crippen molar-refractivity contribution in [1.82, 2.24) is 19.1 Å². The minimum absolute atomic E-state index is 0.0626. The number of fused-ring (bicyclic) bond motifs is 1. The van der Waals surface area contributed by atoms with E-state index < -0.39 is 22.0 Å². The Kier molecular flexibility index (Phi) is 7.46. The summed E-state index contributed by atoms with van der Waals surface area (Å²) in [6.45, 7) is 4.34. The summed E-state index contributed by atoms with van der Waals surface area (Å²) in [5.41, 5.74) is 0.870. The van der Waals surface area contributed by atoms with Crippen LogP contribution in [-0.2, 0) is 19.6 Å². The van der Waals surface area contributed by atoms with Gasteiger partial charge in [-0.2, -0.15) is 14.7 Å². The maximum atomic E-state index is 13.4. The zero-order valence-electron chi connectivity index (χ0n) is 22.0. The van der Waals surface area contributed by atoms with E-state index >= 15 is 0 Å². The van der Waals surface area contributed by atoms with Gasteiger partial charge in [0.15, 0.2) is 5.82 Å². The van der Waals surface area contributed by atoms with Crippen molar-refractivity contribution in [3.05, 3.63) is 46.9 Å². The molecule has 39 heavy (non-hydrogen) atoms. The van der Waals surface area contributed by atoms with Gasteiger partial charge in [0, 0.05) is 18.4 Å². The lowest BCUT2D eigenvalue weighted by molar-refractivity contribution is -0.148. The van der Waals surface area contributed by atoms with Crippen LogP contribution in [0.25, 0.3) is 10.9 Å². The van der Waals surface area contributed by atoms with E-state index in [0.717, 1.165) is 12.8 Å². The first-order chi connectivity index (χ1) is 18.7. The summed E-state index contributed by atoms with van der Waals surface area (Å²) in [7, 11) is -3.92. The molecule has 2 fully saturated rings. The number of benzene rings is 1. The normalized spacial score (nSPS) is 18.8. The van der Waals surface area contributed by atoms with E-state index in [0.29, 0.717) is 47.6 Å². The molecule has 3 aromatic rings. The van der Waals surface area contributed by atoms with Crippen molar-refractivity contribution in [3.63, 3.8) is 0 Å². The molecule has 1 aliphatic heterocycles. The van der Waals surface area contributed by atoms with E-state index in [4.69, 9.17) is 4.74 Å². The first-order valence-electron chi connectivity index (χ1n) is 13.2. The number of nitrogens with zero attached hydrogens (tertiary/aromatic N) is 4. The quantitative estimate of drug-likeness (QED) is 0.362. The molecule has 1 saturated carbocycles. The van der Waals surface area contributed by atoms with Crippen LogP contribution in [0.15, 0.2) is 46.2 Å². The number of anilines is 2. The van der Waals surface area contributed by atoms with Gasteiger partial charge < -0.3 is 15.0 Å². The highest BCUT2D eigenvalue weighted by Crippen LogP contribution is 2.43. The highest BCUT2D eigenvalue weighted by Gasteiger charge is 2.40. The molecule has 11 nitrogen and oxygen atoms in total. The number of H-pyrrole nitrogens is 1. The van der Waals surface area contributed by atoms with Crippen LogP contribution in [0.5, 0.6) is 0 Å². The lowest BCUT2D eigenvalue weighted by Gasteiger charge is -2.23. The second-order valence-electron chi connectivity index (χ2n) is 10.6. The summed E-state index contributed by atoms with van der Waals surface area (Å²) in [5, 5.41) is 17.6. The third-order valence-corrected chi connectivity index (χ3v) is 9.09. The van der Waals surface area contributed by atoms with Crippen molar-refractivity contribution in [3.8, 4) is 6.07 Å². The van der Waals surface area contributed by atoms with Gasteiger partial charge in [0.05, 0.1) is 35.6 Å². The molecule has 0 bridgehead atoms. The van der Waals surface area contributed by atoms with Crippen molar-refractivity contribution < 1.29 is 17.9 Å². The van der Waals surface area contributed by atoms with Crippen LogP contribution >= 0.6 is 0 Å². The minimum atomic E-state index is -3.92. The molecule has 2 atom stereocenters. The molecule has 2 N–H and O–H groups in total. The molecule has 1 saturated heterocycles. The Hall–Kier alpha value is -3.69. The van der Waals surface area contributed by atoms with Crippen LogP contribution < -0.4 is 10.9 Å². The number of carbonyl (C=O) groups is 1. The fraction of sp³-hybridized carbons (Fsp3) is 0.481. The summed E-state index contributed by atoms with van der Waals surface area (Å²) in [6, 6.07) is 9.20. The number of aromatic amines is 1. The predicted molar refractivity (Wildman–Crippen MR) is 145 cm³/mol. The van der Waals surface area contributed by atoms with Gasteiger partial charge in [0.1, 0.15) is 11.4 Å². The fourth-order valence-electron chi connectivity index (χ4n) is 5.06. The van der Waals surface area contributed by atoms with E-state index in [2.05, 4.69) is 21.5 Å². The number of hydrogen-bond acceptors (Lipinski definition) is 8. The van der Waals surface area contributed by atoms with E-state index in [-0.39, 0.29) is 35.6 Å². The van der Waals surface area contributed by atoms with E-state index in [9.17, 15) is 23.3 Å². The molecule has 2 aliphatic rings. The molecule has 0 radical (unpaired) electrons. The Morgan fingerprint density at radius 3 is 2.64 bits per heavy atom. The van der Waals surface area contributed by atoms with Crippen molar-refractivity contribution >= 4 is 38.4 Å². The molecule has 2 unspecified atom stereocenters. The van der Waals surface area contributed by atoms with Crippen molar-refractivity contribution in [1.29, 1.82) is 5.26 Å². The van der Waals surface area contributed by atoms with Crippen LogP contribution in [0.3, 0.4) is 0 Å². The molecule has 206 valence electrons. The maximum Gasteiger partial charge on any atom is 0.324 e. The molecule has 12 heteroatoms. The fourth-order valence-corrected chi connectivity index (χ4v) is 6.70. The Bertz CT molecular complexity index is 1570. The van der Waals surface area contributed by atoms with Crippen molar-refractivity contribution in [2.75, 3.05) is 18.5 Å². The average Bonchev–Trinajstić information content (AvgIpc) is 3.50. The Labute approximate surface area is 226 Å². The molecule has 2 aromatic heterocycles. The second-order valence-corrected chi connectivity index (χ2v) is 12.5. The molecule has 1 aliphatic carbocycles. The molecular formula is C27H32N6O5S. The van der Waals surface area contributed by atoms with Crippen LogP contribution in [0.4, 0.5) is 11.5 Å². The molecule has 1 aromatic carbocycles. The first kappa shape index (κ1) is 26.9. The predicted octanol–water partition coefficient (Wildman–Crippen LogP) is 3.69. The zero-order valence-corrected chi connectivity index (χ0v) is 22.8. The van der Waals surface area contributed by atoms with Crippen LogP contribution in [0, 0.1) is 23.2 Å². The van der Waals surface area contributed by atoms with Crippen molar-refractivity contribution in [2.45, 2.75) is 62.9 Å². The van der Waals surface area contributed by atoms with E-state index in [1.807, 2.05) is 13.8 Å². The standard InChI is InChI=1S/C27H32N6O5S/c1-17(2)16-38-27(35)23-4-3-15-32(23)39(36,37)20-9-7-19(8-10-20)30-25-24-22(12-14-29-26(24)34)33(31-25)21(11-13-28)18-5-6-18/h7-10,12,14,17-18,21,23H,3-6,11,15-16H2,1-2H3,(H,29,34)(H,30,31).